The second-order valence-electron chi connectivity index (χ2n) is 8.35. The molecule has 3 rings (SSSR count). The average molecular weight is 470 g/mol. The van der Waals surface area contributed by atoms with E-state index < -0.39 is 15.8 Å². The van der Waals surface area contributed by atoms with Crippen LogP contribution in [-0.2, 0) is 20.3 Å². The number of ether oxygens (including phenoxy) is 1. The lowest BCUT2D eigenvalue weighted by molar-refractivity contribution is 0.0527. The number of anilines is 1. The van der Waals surface area contributed by atoms with Crippen LogP contribution in [0.4, 0.5) is 5.69 Å². The minimum absolute atomic E-state index is 0.0127. The number of pyridine rings is 1. The molecule has 33 heavy (non-hydrogen) atoms. The lowest BCUT2D eigenvalue weighted by atomic mass is 10.0. The van der Waals surface area contributed by atoms with Gasteiger partial charge in [-0.1, -0.05) is 30.3 Å². The molecule has 0 atom stereocenters. The first-order chi connectivity index (χ1) is 15.7. The van der Waals surface area contributed by atoms with E-state index in [-0.39, 0.29) is 12.4 Å². The zero-order valence-corrected chi connectivity index (χ0v) is 20.4. The van der Waals surface area contributed by atoms with Gasteiger partial charge in [0.25, 0.3) is 0 Å². The minimum atomic E-state index is -3.09. The molecule has 0 aliphatic heterocycles. The van der Waals surface area contributed by atoms with Crippen LogP contribution in [0.15, 0.2) is 48.7 Å². The normalized spacial score (nSPS) is 11.7. The smallest absolute Gasteiger partial charge is 0.341 e. The number of nitrogens with zero attached hydrogens (tertiary/aromatic N) is 2. The molecule has 3 aromatic rings. The Labute approximate surface area is 195 Å². The van der Waals surface area contributed by atoms with Crippen molar-refractivity contribution in [1.82, 2.24) is 9.88 Å². The molecule has 0 aliphatic carbocycles. The molecule has 8 heteroatoms. The van der Waals surface area contributed by atoms with Crippen molar-refractivity contribution in [2.24, 2.45) is 0 Å². The summed E-state index contributed by atoms with van der Waals surface area (Å²) in [7, 11) is 0.968. The van der Waals surface area contributed by atoms with Crippen molar-refractivity contribution in [3.63, 3.8) is 0 Å². The highest BCUT2D eigenvalue weighted by Gasteiger charge is 2.17. The van der Waals surface area contributed by atoms with Crippen LogP contribution in [0.25, 0.3) is 22.0 Å². The monoisotopic (exact) mass is 469 g/mol. The lowest BCUT2D eigenvalue weighted by Crippen LogP contribution is -2.17. The molecule has 2 aromatic carbocycles. The van der Waals surface area contributed by atoms with Gasteiger partial charge in [0.1, 0.15) is 5.56 Å². The summed E-state index contributed by atoms with van der Waals surface area (Å²) in [4.78, 5) is 19.2. The summed E-state index contributed by atoms with van der Waals surface area (Å²) in [5, 5.41) is 4.27. The van der Waals surface area contributed by atoms with Gasteiger partial charge in [0.15, 0.2) is 9.84 Å². The van der Waals surface area contributed by atoms with Gasteiger partial charge >= 0.3 is 5.97 Å². The van der Waals surface area contributed by atoms with Crippen molar-refractivity contribution in [3.05, 3.63) is 59.8 Å². The first kappa shape index (κ1) is 24.7. The number of sulfone groups is 1. The Bertz CT molecular complexity index is 1220. The van der Waals surface area contributed by atoms with Gasteiger partial charge in [-0.3, -0.25) is 4.98 Å². The van der Waals surface area contributed by atoms with Gasteiger partial charge in [-0.2, -0.15) is 0 Å². The molecule has 0 radical (unpaired) electrons. The lowest BCUT2D eigenvalue weighted by Gasteiger charge is -2.16. The van der Waals surface area contributed by atoms with E-state index in [1.165, 1.54) is 6.26 Å². The zero-order chi connectivity index (χ0) is 24.0. The molecule has 1 N–H and O–H groups in total. The van der Waals surface area contributed by atoms with E-state index in [0.29, 0.717) is 17.8 Å². The number of rotatable bonds is 10. The second kappa shape index (κ2) is 10.8. The third-order valence-electron chi connectivity index (χ3n) is 5.16. The Morgan fingerprint density at radius 2 is 1.79 bits per heavy atom. The largest absolute Gasteiger partial charge is 0.462 e. The van der Waals surface area contributed by atoms with Crippen molar-refractivity contribution in [2.75, 3.05) is 45.4 Å². The molecular weight excluding hydrogens is 438 g/mol. The summed E-state index contributed by atoms with van der Waals surface area (Å²) < 4.78 is 28.4. The van der Waals surface area contributed by atoms with Crippen molar-refractivity contribution in [2.45, 2.75) is 19.1 Å². The van der Waals surface area contributed by atoms with Crippen LogP contribution in [0.3, 0.4) is 0 Å². The van der Waals surface area contributed by atoms with Gasteiger partial charge < -0.3 is 15.0 Å². The summed E-state index contributed by atoms with van der Waals surface area (Å²) in [5.41, 5.74) is 4.55. The number of carbonyl (C=O) groups excluding carboxylic acids is 1. The van der Waals surface area contributed by atoms with E-state index in [1.807, 2.05) is 56.6 Å². The highest BCUT2D eigenvalue weighted by Crippen LogP contribution is 2.31. The van der Waals surface area contributed by atoms with Crippen LogP contribution >= 0.6 is 0 Å². The maximum atomic E-state index is 12.6. The minimum Gasteiger partial charge on any atom is -0.462 e. The molecule has 0 bridgehead atoms. The van der Waals surface area contributed by atoms with Gasteiger partial charge in [-0.05, 0) is 62.8 Å². The van der Waals surface area contributed by atoms with Crippen LogP contribution in [0, 0.1) is 0 Å². The summed E-state index contributed by atoms with van der Waals surface area (Å²) >= 11 is 0. The molecule has 0 saturated carbocycles. The number of nitrogens with one attached hydrogen (secondary N) is 1. The van der Waals surface area contributed by atoms with Crippen LogP contribution in [0.5, 0.6) is 0 Å². The molecule has 0 spiro atoms. The van der Waals surface area contributed by atoms with Crippen molar-refractivity contribution < 1.29 is 17.9 Å². The molecule has 0 aliphatic rings. The first-order valence-electron chi connectivity index (χ1n) is 10.9. The molecule has 0 saturated heterocycles. The van der Waals surface area contributed by atoms with Gasteiger partial charge in [0, 0.05) is 24.4 Å². The summed E-state index contributed by atoms with van der Waals surface area (Å²) in [5.74, 6) is -0.392. The summed E-state index contributed by atoms with van der Waals surface area (Å²) in [6.45, 7) is 3.70. The number of benzene rings is 2. The number of carbonyl (C=O) groups is 1. The fraction of sp³-hybridized carbons (Fsp3) is 0.360. The van der Waals surface area contributed by atoms with E-state index >= 15 is 0 Å². The molecule has 0 fully saturated rings. The number of esters is 1. The van der Waals surface area contributed by atoms with E-state index in [4.69, 9.17) is 4.74 Å². The molecule has 0 unspecified atom stereocenters. The van der Waals surface area contributed by atoms with Crippen molar-refractivity contribution in [1.29, 1.82) is 0 Å². The van der Waals surface area contributed by atoms with Crippen LogP contribution in [-0.4, -0.2) is 64.3 Å². The van der Waals surface area contributed by atoms with Crippen LogP contribution in [0.1, 0.15) is 29.3 Å². The van der Waals surface area contributed by atoms with Crippen LogP contribution in [0.2, 0.25) is 0 Å². The maximum absolute atomic E-state index is 12.6. The Hall–Kier alpha value is -2.97. The SMILES string of the molecule is CCOC(=O)c1cnc2ccc(-c3ccc(CS(C)(=O)=O)cc3)cc2c1NCCCN(C)C. The van der Waals surface area contributed by atoms with Gasteiger partial charge in [-0.15, -0.1) is 0 Å². The molecule has 176 valence electrons. The maximum Gasteiger partial charge on any atom is 0.341 e. The van der Waals surface area contributed by atoms with Crippen molar-refractivity contribution >= 4 is 32.4 Å². The fourth-order valence-electron chi connectivity index (χ4n) is 3.63. The third-order valence-corrected chi connectivity index (χ3v) is 6.02. The Morgan fingerprint density at radius 3 is 2.42 bits per heavy atom. The Kier molecular flexibility index (Phi) is 8.05. The second-order valence-corrected chi connectivity index (χ2v) is 10.5. The van der Waals surface area contributed by atoms with Gasteiger partial charge in [-0.25, -0.2) is 13.2 Å². The van der Waals surface area contributed by atoms with E-state index in [1.54, 1.807) is 13.1 Å². The van der Waals surface area contributed by atoms with Crippen molar-refractivity contribution in [3.8, 4) is 11.1 Å². The fourth-order valence-corrected chi connectivity index (χ4v) is 4.43. The molecule has 1 heterocycles. The summed E-state index contributed by atoms with van der Waals surface area (Å²) in [6.07, 6.45) is 3.71. The quantitative estimate of drug-likeness (QED) is 0.355. The predicted molar refractivity (Wildman–Crippen MR) is 133 cm³/mol. The van der Waals surface area contributed by atoms with E-state index in [9.17, 15) is 13.2 Å². The topological polar surface area (TPSA) is 88.6 Å². The predicted octanol–water partition coefficient (Wildman–Crippen LogP) is 3.99. The number of fused-ring (bicyclic) bond motifs is 1. The number of hydrogen-bond acceptors (Lipinski definition) is 7. The Morgan fingerprint density at radius 1 is 1.09 bits per heavy atom. The third kappa shape index (κ3) is 6.76. The molecule has 0 amide bonds. The molecule has 7 nitrogen and oxygen atoms in total. The first-order valence-corrected chi connectivity index (χ1v) is 13.0. The zero-order valence-electron chi connectivity index (χ0n) is 19.6. The molecular formula is C25H31N3O4S. The number of aromatic nitrogens is 1. The van der Waals surface area contributed by atoms with Crippen LogP contribution < -0.4 is 5.32 Å². The molecule has 1 aromatic heterocycles. The highest BCUT2D eigenvalue weighted by atomic mass is 32.2. The van der Waals surface area contributed by atoms with Gasteiger partial charge in [0.05, 0.1) is 23.6 Å². The average Bonchev–Trinajstić information content (AvgIpc) is 2.75. The van der Waals surface area contributed by atoms with E-state index in [0.717, 1.165) is 40.6 Å². The van der Waals surface area contributed by atoms with E-state index in [2.05, 4.69) is 15.2 Å². The standard InChI is InChI=1S/C25H31N3O4S/c1-5-32-25(29)22-16-27-23-12-11-20(15-21(23)24(22)26-13-6-14-28(2)3)19-9-7-18(8-10-19)17-33(4,30)31/h7-12,15-16H,5-6,13-14,17H2,1-4H3,(H,26,27). The highest BCUT2D eigenvalue weighted by molar-refractivity contribution is 7.89. The summed E-state index contributed by atoms with van der Waals surface area (Å²) in [6, 6.07) is 13.4. The Balaban J connectivity index is 2.00. The number of hydrogen-bond donors (Lipinski definition) is 1. The van der Waals surface area contributed by atoms with Gasteiger partial charge in [0.2, 0.25) is 0 Å².